The molecule has 0 atom stereocenters. The summed E-state index contributed by atoms with van der Waals surface area (Å²) >= 11 is 0. The topological polar surface area (TPSA) is 38.7 Å². The third-order valence-electron chi connectivity index (χ3n) is 1.64. The van der Waals surface area contributed by atoms with Gasteiger partial charge in [0.2, 0.25) is 0 Å². The molecule has 0 unspecified atom stereocenters. The van der Waals surface area contributed by atoms with E-state index in [1.54, 1.807) is 12.1 Å². The van der Waals surface area contributed by atoms with Gasteiger partial charge in [-0.3, -0.25) is 4.79 Å². The van der Waals surface area contributed by atoms with Gasteiger partial charge in [0.25, 0.3) is 0 Å². The molecule has 0 radical (unpaired) electrons. The van der Waals surface area contributed by atoms with Crippen LogP contribution in [-0.2, 0) is 16.1 Å². The van der Waals surface area contributed by atoms with Crippen LogP contribution in [0.4, 0.5) is 4.39 Å². The summed E-state index contributed by atoms with van der Waals surface area (Å²) in [5, 5.41) is 3.52. The molecule has 4 heteroatoms. The Morgan fingerprint density at radius 1 is 1.50 bits per heavy atom. The lowest BCUT2D eigenvalue weighted by Gasteiger charge is -1.98. The van der Waals surface area contributed by atoms with Crippen molar-refractivity contribution < 1.29 is 14.0 Å². The Kier molecular flexibility index (Phi) is 3.79. The third-order valence-corrected chi connectivity index (χ3v) is 1.64. The van der Waals surface area contributed by atoms with Crippen LogP contribution in [0.15, 0.2) is 29.4 Å². The summed E-state index contributed by atoms with van der Waals surface area (Å²) in [6.07, 6.45) is 0.963. The lowest BCUT2D eigenvalue weighted by atomic mass is 10.1. The van der Waals surface area contributed by atoms with Crippen molar-refractivity contribution >= 4 is 12.0 Å². The molecule has 0 N–H and O–H groups in total. The van der Waals surface area contributed by atoms with Crippen molar-refractivity contribution in [3.8, 4) is 0 Å². The molecule has 0 saturated carbocycles. The van der Waals surface area contributed by atoms with Gasteiger partial charge in [0.1, 0.15) is 18.6 Å². The number of rotatable bonds is 4. The van der Waals surface area contributed by atoms with Gasteiger partial charge in [-0.05, 0) is 17.7 Å². The van der Waals surface area contributed by atoms with E-state index in [1.165, 1.54) is 19.2 Å². The van der Waals surface area contributed by atoms with Crippen LogP contribution in [0.2, 0.25) is 0 Å². The van der Waals surface area contributed by atoms with Crippen LogP contribution in [0, 0.1) is 5.82 Å². The minimum Gasteiger partial charge on any atom is -0.399 e. The molecule has 0 aliphatic carbocycles. The zero-order chi connectivity index (χ0) is 10.4. The van der Waals surface area contributed by atoms with Crippen LogP contribution in [0.3, 0.4) is 0 Å². The fourth-order valence-electron chi connectivity index (χ4n) is 1.02. The highest BCUT2D eigenvalue weighted by Gasteiger charge is 2.00. The van der Waals surface area contributed by atoms with Crippen LogP contribution in [0.1, 0.15) is 5.56 Å². The first-order valence-electron chi connectivity index (χ1n) is 4.06. The van der Waals surface area contributed by atoms with Crippen LogP contribution >= 0.6 is 0 Å². The fraction of sp³-hybridized carbons (Fsp3) is 0.200. The molecule has 0 bridgehead atoms. The number of carbonyl (C=O) groups excluding carboxylic acids is 1. The molecule has 1 aromatic carbocycles. The van der Waals surface area contributed by atoms with E-state index in [0.717, 1.165) is 5.56 Å². The summed E-state index contributed by atoms with van der Waals surface area (Å²) < 4.78 is 12.5. The number of nitrogens with zero attached hydrogens (tertiary/aromatic N) is 1. The van der Waals surface area contributed by atoms with Crippen molar-refractivity contribution in [1.82, 2.24) is 0 Å². The van der Waals surface area contributed by atoms with E-state index in [1.807, 2.05) is 0 Å². The Labute approximate surface area is 81.2 Å². The molecular weight excluding hydrogens is 185 g/mol. The lowest BCUT2D eigenvalue weighted by molar-refractivity contribution is -0.102. The molecule has 1 rings (SSSR count). The summed E-state index contributed by atoms with van der Waals surface area (Å²) in [7, 11) is 1.37. The molecule has 0 heterocycles. The molecule has 0 saturated heterocycles. The van der Waals surface area contributed by atoms with Gasteiger partial charge in [-0.2, -0.15) is 0 Å². The van der Waals surface area contributed by atoms with Gasteiger partial charge in [-0.15, -0.1) is 0 Å². The lowest BCUT2D eigenvalue weighted by Crippen LogP contribution is -2.05. The number of hydrogen-bond acceptors (Lipinski definition) is 3. The van der Waals surface area contributed by atoms with E-state index >= 15 is 0 Å². The quantitative estimate of drug-likeness (QED) is 0.415. The number of carbonyl (C=O) groups is 1. The van der Waals surface area contributed by atoms with Crippen LogP contribution in [0.25, 0.3) is 0 Å². The predicted molar refractivity (Wildman–Crippen MR) is 50.6 cm³/mol. The van der Waals surface area contributed by atoms with Gasteiger partial charge in [-0.25, -0.2) is 4.39 Å². The predicted octanol–water partition coefficient (Wildman–Crippen LogP) is 1.57. The summed E-state index contributed by atoms with van der Waals surface area (Å²) in [4.78, 5) is 15.0. The van der Waals surface area contributed by atoms with E-state index in [4.69, 9.17) is 0 Å². The van der Waals surface area contributed by atoms with Crippen molar-refractivity contribution in [3.05, 3.63) is 35.6 Å². The summed E-state index contributed by atoms with van der Waals surface area (Å²) in [6.45, 7) is 0. The second kappa shape index (κ2) is 5.11. The van der Waals surface area contributed by atoms with E-state index in [2.05, 4.69) is 9.99 Å². The van der Waals surface area contributed by atoms with Gasteiger partial charge in [0.05, 0.1) is 0 Å². The fourth-order valence-corrected chi connectivity index (χ4v) is 1.02. The standard InChI is InChI=1S/C10H10FNO2/c1-14-12-10(7-13)6-8-2-4-9(11)5-3-8/h2-5,7H,6H2,1H3. The second-order valence-electron chi connectivity index (χ2n) is 2.69. The van der Waals surface area contributed by atoms with E-state index in [9.17, 15) is 9.18 Å². The maximum absolute atomic E-state index is 12.5. The maximum Gasteiger partial charge on any atom is 0.167 e. The number of benzene rings is 1. The molecule has 3 nitrogen and oxygen atoms in total. The van der Waals surface area contributed by atoms with E-state index in [-0.39, 0.29) is 11.5 Å². The van der Waals surface area contributed by atoms with Gasteiger partial charge in [0.15, 0.2) is 6.29 Å². The number of aldehydes is 1. The molecular formula is C10H10FNO2. The first-order chi connectivity index (χ1) is 6.76. The van der Waals surface area contributed by atoms with Crippen molar-refractivity contribution in [2.75, 3.05) is 7.11 Å². The number of halogens is 1. The highest BCUT2D eigenvalue weighted by atomic mass is 19.1. The average molecular weight is 195 g/mol. The smallest absolute Gasteiger partial charge is 0.167 e. The highest BCUT2D eigenvalue weighted by Crippen LogP contribution is 2.04. The van der Waals surface area contributed by atoms with Gasteiger partial charge in [0, 0.05) is 6.42 Å². The van der Waals surface area contributed by atoms with Gasteiger partial charge < -0.3 is 4.84 Å². The Morgan fingerprint density at radius 3 is 2.64 bits per heavy atom. The van der Waals surface area contributed by atoms with Gasteiger partial charge in [-0.1, -0.05) is 17.3 Å². The van der Waals surface area contributed by atoms with Crippen molar-refractivity contribution in [2.45, 2.75) is 6.42 Å². The number of hydrogen-bond donors (Lipinski definition) is 0. The summed E-state index contributed by atoms with van der Waals surface area (Å²) in [5.74, 6) is -0.301. The van der Waals surface area contributed by atoms with Crippen molar-refractivity contribution in [2.24, 2.45) is 5.16 Å². The largest absolute Gasteiger partial charge is 0.399 e. The minimum absolute atomic E-state index is 0.277. The SMILES string of the molecule is CON=C(C=O)Cc1ccc(F)cc1. The Balaban J connectivity index is 2.72. The molecule has 0 aliphatic rings. The summed E-state index contributed by atoms with van der Waals surface area (Å²) in [6, 6.07) is 5.88. The van der Waals surface area contributed by atoms with Gasteiger partial charge >= 0.3 is 0 Å². The average Bonchev–Trinajstić information content (AvgIpc) is 2.20. The first kappa shape index (κ1) is 10.4. The van der Waals surface area contributed by atoms with Crippen LogP contribution in [0.5, 0.6) is 0 Å². The third kappa shape index (κ3) is 2.97. The maximum atomic E-state index is 12.5. The molecule has 0 amide bonds. The Morgan fingerprint density at radius 2 is 2.14 bits per heavy atom. The van der Waals surface area contributed by atoms with Crippen LogP contribution in [-0.4, -0.2) is 19.1 Å². The normalized spacial score (nSPS) is 11.1. The van der Waals surface area contributed by atoms with Crippen molar-refractivity contribution in [1.29, 1.82) is 0 Å². The zero-order valence-corrected chi connectivity index (χ0v) is 7.74. The molecule has 0 fully saturated rings. The zero-order valence-electron chi connectivity index (χ0n) is 7.74. The minimum atomic E-state index is -0.301. The molecule has 74 valence electrons. The van der Waals surface area contributed by atoms with E-state index in [0.29, 0.717) is 12.7 Å². The Bertz CT molecular complexity index is 332. The highest BCUT2D eigenvalue weighted by molar-refractivity contribution is 6.28. The first-order valence-corrected chi connectivity index (χ1v) is 4.06. The van der Waals surface area contributed by atoms with Crippen molar-refractivity contribution in [3.63, 3.8) is 0 Å². The molecule has 0 spiro atoms. The number of oxime groups is 1. The summed E-state index contributed by atoms with van der Waals surface area (Å²) in [5.41, 5.74) is 1.09. The molecule has 1 aromatic rings. The van der Waals surface area contributed by atoms with Crippen LogP contribution < -0.4 is 0 Å². The molecule has 14 heavy (non-hydrogen) atoms. The molecule has 0 aromatic heterocycles. The second-order valence-corrected chi connectivity index (χ2v) is 2.69. The Hall–Kier alpha value is -1.71. The molecule has 0 aliphatic heterocycles. The monoisotopic (exact) mass is 195 g/mol. The van der Waals surface area contributed by atoms with E-state index < -0.39 is 0 Å².